The van der Waals surface area contributed by atoms with Gasteiger partial charge in [0.2, 0.25) is 0 Å². The summed E-state index contributed by atoms with van der Waals surface area (Å²) in [6.45, 7) is 0. The summed E-state index contributed by atoms with van der Waals surface area (Å²) in [4.78, 5) is 0. The molecular formula is C22H19N. The molecule has 1 aliphatic rings. The summed E-state index contributed by atoms with van der Waals surface area (Å²) in [5.74, 6) is 0. The van der Waals surface area contributed by atoms with Gasteiger partial charge in [0.15, 0.2) is 0 Å². The van der Waals surface area contributed by atoms with Crippen LogP contribution in [0.5, 0.6) is 0 Å². The van der Waals surface area contributed by atoms with Gasteiger partial charge in [-0.25, -0.2) is 0 Å². The van der Waals surface area contributed by atoms with Crippen LogP contribution in [0.15, 0.2) is 85.0 Å². The topological polar surface area (TPSA) is 12.0 Å². The van der Waals surface area contributed by atoms with Crippen LogP contribution in [-0.2, 0) is 0 Å². The van der Waals surface area contributed by atoms with Crippen LogP contribution in [0.1, 0.15) is 18.4 Å². The number of nitrogens with one attached hydrogen (secondary N) is 1. The van der Waals surface area contributed by atoms with Crippen LogP contribution in [0, 0.1) is 0 Å². The largest absolute Gasteiger partial charge is 0.355 e. The molecule has 0 amide bonds. The van der Waals surface area contributed by atoms with Crippen LogP contribution in [-0.4, -0.2) is 0 Å². The summed E-state index contributed by atoms with van der Waals surface area (Å²) < 4.78 is 0. The van der Waals surface area contributed by atoms with Gasteiger partial charge in [0.25, 0.3) is 0 Å². The second-order valence-electron chi connectivity index (χ2n) is 5.89. The fourth-order valence-corrected chi connectivity index (χ4v) is 3.10. The minimum absolute atomic E-state index is 1.12. The monoisotopic (exact) mass is 297 g/mol. The molecule has 4 rings (SSSR count). The Morgan fingerprint density at radius 1 is 0.783 bits per heavy atom. The van der Waals surface area contributed by atoms with E-state index in [0.717, 1.165) is 24.2 Å². The zero-order chi connectivity index (χ0) is 15.5. The zero-order valence-electron chi connectivity index (χ0n) is 13.0. The van der Waals surface area contributed by atoms with Crippen molar-refractivity contribution in [2.75, 3.05) is 5.32 Å². The molecule has 0 heterocycles. The lowest BCUT2D eigenvalue weighted by Crippen LogP contribution is -1.93. The van der Waals surface area contributed by atoms with Crippen LogP contribution >= 0.6 is 0 Å². The number of anilines is 2. The van der Waals surface area contributed by atoms with Gasteiger partial charge >= 0.3 is 0 Å². The molecule has 0 radical (unpaired) electrons. The van der Waals surface area contributed by atoms with Crippen molar-refractivity contribution in [1.29, 1.82) is 0 Å². The van der Waals surface area contributed by atoms with Crippen LogP contribution in [0.25, 0.3) is 16.3 Å². The highest BCUT2D eigenvalue weighted by Gasteiger charge is 2.04. The van der Waals surface area contributed by atoms with Gasteiger partial charge in [-0.05, 0) is 47.6 Å². The van der Waals surface area contributed by atoms with Gasteiger partial charge in [0, 0.05) is 16.8 Å². The fourth-order valence-electron chi connectivity index (χ4n) is 3.10. The van der Waals surface area contributed by atoms with E-state index in [2.05, 4.69) is 90.3 Å². The molecule has 1 heteroatoms. The first kappa shape index (κ1) is 13.8. The van der Waals surface area contributed by atoms with Crippen molar-refractivity contribution in [3.05, 3.63) is 90.5 Å². The molecule has 0 saturated carbocycles. The predicted octanol–water partition coefficient (Wildman–Crippen LogP) is 6.32. The Morgan fingerprint density at radius 3 is 2.43 bits per heavy atom. The Labute approximate surface area is 137 Å². The summed E-state index contributed by atoms with van der Waals surface area (Å²) in [7, 11) is 0. The Kier molecular flexibility index (Phi) is 3.69. The fraction of sp³-hybridized carbons (Fsp3) is 0.0909. The van der Waals surface area contributed by atoms with Crippen molar-refractivity contribution in [3.8, 4) is 0 Å². The molecule has 0 bridgehead atoms. The SMILES string of the molecule is C1=CCCC(c2ccc(Nc3cccc4ccccc34)cc2)=C1. The van der Waals surface area contributed by atoms with Crippen molar-refractivity contribution >= 4 is 27.7 Å². The lowest BCUT2D eigenvalue weighted by molar-refractivity contribution is 1.05. The Bertz CT molecular complexity index is 880. The van der Waals surface area contributed by atoms with Crippen molar-refractivity contribution in [2.24, 2.45) is 0 Å². The van der Waals surface area contributed by atoms with E-state index in [9.17, 15) is 0 Å². The molecule has 3 aromatic carbocycles. The van der Waals surface area contributed by atoms with Crippen molar-refractivity contribution in [2.45, 2.75) is 12.8 Å². The Balaban J connectivity index is 1.61. The summed E-state index contributed by atoms with van der Waals surface area (Å²) in [5.41, 5.74) is 5.01. The standard InChI is InChI=1S/C22H19N/c1-2-7-17(8-3-1)18-13-15-20(16-14-18)23-22-12-6-10-19-9-4-5-11-21(19)22/h1-2,4-7,9-16,23H,3,8H2. The van der Waals surface area contributed by atoms with Crippen molar-refractivity contribution in [1.82, 2.24) is 0 Å². The first-order valence-electron chi connectivity index (χ1n) is 8.11. The molecule has 0 atom stereocenters. The molecule has 1 nitrogen and oxygen atoms in total. The Morgan fingerprint density at radius 2 is 1.61 bits per heavy atom. The lowest BCUT2D eigenvalue weighted by Gasteiger charge is -2.12. The van der Waals surface area contributed by atoms with E-state index < -0.39 is 0 Å². The smallest absolute Gasteiger partial charge is 0.0463 e. The third kappa shape index (κ3) is 2.91. The lowest BCUT2D eigenvalue weighted by atomic mass is 9.97. The molecule has 23 heavy (non-hydrogen) atoms. The molecule has 1 aliphatic carbocycles. The second kappa shape index (κ2) is 6.13. The molecular weight excluding hydrogens is 278 g/mol. The Hall–Kier alpha value is -2.80. The predicted molar refractivity (Wildman–Crippen MR) is 100 cm³/mol. The van der Waals surface area contributed by atoms with E-state index in [0.29, 0.717) is 0 Å². The van der Waals surface area contributed by atoms with E-state index in [1.165, 1.54) is 21.9 Å². The average Bonchev–Trinajstić information content (AvgIpc) is 2.63. The van der Waals surface area contributed by atoms with Gasteiger partial charge in [0.1, 0.15) is 0 Å². The minimum atomic E-state index is 1.12. The minimum Gasteiger partial charge on any atom is -0.355 e. The maximum Gasteiger partial charge on any atom is 0.0463 e. The van der Waals surface area contributed by atoms with Gasteiger partial charge in [-0.3, -0.25) is 0 Å². The highest BCUT2D eigenvalue weighted by atomic mass is 14.9. The van der Waals surface area contributed by atoms with Crippen LogP contribution in [0.4, 0.5) is 11.4 Å². The first-order valence-corrected chi connectivity index (χ1v) is 8.11. The molecule has 0 saturated heterocycles. The maximum atomic E-state index is 3.54. The number of hydrogen-bond donors (Lipinski definition) is 1. The first-order chi connectivity index (χ1) is 11.4. The maximum absolute atomic E-state index is 3.54. The average molecular weight is 297 g/mol. The third-order valence-electron chi connectivity index (χ3n) is 4.34. The summed E-state index contributed by atoms with van der Waals surface area (Å²) in [6, 6.07) is 23.6. The zero-order valence-corrected chi connectivity index (χ0v) is 13.0. The van der Waals surface area contributed by atoms with Gasteiger partial charge in [-0.2, -0.15) is 0 Å². The number of rotatable bonds is 3. The molecule has 0 aromatic heterocycles. The molecule has 0 fully saturated rings. The molecule has 0 spiro atoms. The highest BCUT2D eigenvalue weighted by molar-refractivity contribution is 5.95. The third-order valence-corrected chi connectivity index (χ3v) is 4.34. The number of fused-ring (bicyclic) bond motifs is 1. The number of allylic oxidation sites excluding steroid dienone is 4. The van der Waals surface area contributed by atoms with E-state index in [4.69, 9.17) is 0 Å². The van der Waals surface area contributed by atoms with Crippen LogP contribution in [0.2, 0.25) is 0 Å². The van der Waals surface area contributed by atoms with E-state index >= 15 is 0 Å². The van der Waals surface area contributed by atoms with E-state index in [1.807, 2.05) is 0 Å². The van der Waals surface area contributed by atoms with E-state index in [-0.39, 0.29) is 0 Å². The number of hydrogen-bond acceptors (Lipinski definition) is 1. The normalized spacial score (nSPS) is 13.8. The van der Waals surface area contributed by atoms with Crippen LogP contribution in [0.3, 0.4) is 0 Å². The molecule has 1 N–H and O–H groups in total. The van der Waals surface area contributed by atoms with Gasteiger partial charge < -0.3 is 5.32 Å². The second-order valence-corrected chi connectivity index (χ2v) is 5.89. The molecule has 0 unspecified atom stereocenters. The van der Waals surface area contributed by atoms with Crippen LogP contribution < -0.4 is 5.32 Å². The quantitative estimate of drug-likeness (QED) is 0.596. The molecule has 112 valence electrons. The molecule has 3 aromatic rings. The summed E-state index contributed by atoms with van der Waals surface area (Å²) in [5, 5.41) is 6.05. The van der Waals surface area contributed by atoms with Crippen molar-refractivity contribution < 1.29 is 0 Å². The number of benzene rings is 3. The van der Waals surface area contributed by atoms with Gasteiger partial charge in [0.05, 0.1) is 0 Å². The molecule has 0 aliphatic heterocycles. The van der Waals surface area contributed by atoms with E-state index in [1.54, 1.807) is 0 Å². The summed E-state index contributed by atoms with van der Waals surface area (Å²) in [6.07, 6.45) is 8.87. The van der Waals surface area contributed by atoms with Crippen molar-refractivity contribution in [3.63, 3.8) is 0 Å². The highest BCUT2D eigenvalue weighted by Crippen LogP contribution is 2.28. The van der Waals surface area contributed by atoms with Gasteiger partial charge in [-0.15, -0.1) is 0 Å². The summed E-state index contributed by atoms with van der Waals surface area (Å²) >= 11 is 0. The van der Waals surface area contributed by atoms with Gasteiger partial charge in [-0.1, -0.05) is 66.8 Å².